The van der Waals surface area contributed by atoms with Crippen molar-refractivity contribution in [2.75, 3.05) is 17.9 Å². The summed E-state index contributed by atoms with van der Waals surface area (Å²) in [6, 6.07) is 4.48. The number of aliphatic hydroxyl groups is 1. The molecule has 2 aromatic heterocycles. The number of H-pyrrole nitrogens is 1. The predicted octanol–water partition coefficient (Wildman–Crippen LogP) is 3.40. The lowest BCUT2D eigenvalue weighted by molar-refractivity contribution is 0.0947. The van der Waals surface area contributed by atoms with Crippen molar-refractivity contribution in [2.24, 2.45) is 0 Å². The van der Waals surface area contributed by atoms with Crippen LogP contribution in [0.2, 0.25) is 0 Å². The maximum Gasteiger partial charge on any atom is 0.269 e. The lowest BCUT2D eigenvalue weighted by Crippen LogP contribution is -2.25. The van der Waals surface area contributed by atoms with Crippen LogP contribution in [0.4, 0.5) is 23.2 Å². The summed E-state index contributed by atoms with van der Waals surface area (Å²) in [6.45, 7) is 1.31. The average molecular weight is 537 g/mol. The molecule has 4 N–H and O–H groups in total. The van der Waals surface area contributed by atoms with Crippen molar-refractivity contribution >= 4 is 32.5 Å². The molecule has 0 radical (unpaired) electrons. The molecular formula is C23H19F4N5O4S. The zero-order valence-electron chi connectivity index (χ0n) is 19.1. The van der Waals surface area contributed by atoms with Gasteiger partial charge in [-0.15, -0.1) is 0 Å². The summed E-state index contributed by atoms with van der Waals surface area (Å²) in [5, 5.41) is 17.5. The van der Waals surface area contributed by atoms with Crippen LogP contribution in [0.15, 0.2) is 41.4 Å². The molecule has 0 saturated carbocycles. The number of hydrogen-bond donors (Lipinski definition) is 4. The quantitative estimate of drug-likeness (QED) is 0.201. The number of anilines is 1. The Bertz CT molecular complexity index is 1630. The number of sulfonamides is 1. The molecule has 194 valence electrons. The van der Waals surface area contributed by atoms with E-state index in [9.17, 15) is 22.0 Å². The maximum atomic E-state index is 15.4. The Hall–Kier alpha value is -4.04. The fourth-order valence-electron chi connectivity index (χ4n) is 3.62. The van der Waals surface area contributed by atoms with Gasteiger partial charge in [0.05, 0.1) is 23.1 Å². The Morgan fingerprint density at radius 3 is 2.59 bits per heavy atom. The van der Waals surface area contributed by atoms with Crippen molar-refractivity contribution in [3.8, 4) is 11.1 Å². The van der Waals surface area contributed by atoms with E-state index in [0.29, 0.717) is 12.5 Å². The van der Waals surface area contributed by atoms with Gasteiger partial charge in [-0.2, -0.15) is 5.10 Å². The summed E-state index contributed by atoms with van der Waals surface area (Å²) >= 11 is 0. The van der Waals surface area contributed by atoms with Crippen LogP contribution in [-0.4, -0.2) is 47.8 Å². The van der Waals surface area contributed by atoms with E-state index in [1.165, 1.54) is 13.0 Å². The Labute approximate surface area is 207 Å². The second-order valence-corrected chi connectivity index (χ2v) is 9.53. The van der Waals surface area contributed by atoms with Gasteiger partial charge in [0.2, 0.25) is 0 Å². The van der Waals surface area contributed by atoms with Gasteiger partial charge < -0.3 is 10.4 Å². The summed E-state index contributed by atoms with van der Waals surface area (Å²) < 4.78 is 86.5. The number of fused-ring (bicyclic) bond motifs is 1. The first-order chi connectivity index (χ1) is 17.5. The fraction of sp³-hybridized carbons (Fsp3) is 0.174. The summed E-state index contributed by atoms with van der Waals surface area (Å²) in [7, 11) is -4.55. The molecule has 0 aliphatic rings. The standard InChI is InChI=1S/C23H19F4N5O4S/c1-11-17(9-12(24)10-29-11)37(35,36)32-16-6-5-15(25)18(20(16)27)13-3-4-14-21(19(13)26)30-31-22(14)23(34)28-7-2-8-33/h3-6,9-10,32-33H,2,7-8H2,1H3,(H,28,34)(H,30,31). The topological polar surface area (TPSA) is 137 Å². The van der Waals surface area contributed by atoms with E-state index in [4.69, 9.17) is 5.11 Å². The van der Waals surface area contributed by atoms with E-state index in [2.05, 4.69) is 20.5 Å². The summed E-state index contributed by atoms with van der Waals surface area (Å²) in [5.41, 5.74) is -2.72. The highest BCUT2D eigenvalue weighted by atomic mass is 32.2. The number of carbonyl (C=O) groups is 1. The van der Waals surface area contributed by atoms with Gasteiger partial charge in [0.1, 0.15) is 27.7 Å². The molecule has 2 heterocycles. The van der Waals surface area contributed by atoms with Gasteiger partial charge in [-0.05, 0) is 37.6 Å². The summed E-state index contributed by atoms with van der Waals surface area (Å²) in [6.07, 6.45) is 1.10. The van der Waals surface area contributed by atoms with Crippen LogP contribution >= 0.6 is 0 Å². The molecule has 0 bridgehead atoms. The second-order valence-electron chi connectivity index (χ2n) is 7.88. The normalized spacial score (nSPS) is 11.6. The molecule has 4 rings (SSSR count). The van der Waals surface area contributed by atoms with Crippen molar-refractivity contribution < 1.29 is 35.9 Å². The SMILES string of the molecule is Cc1ncc(F)cc1S(=O)(=O)Nc1ccc(F)c(-c2ccc3c(C(=O)NCCCO)[nH]nc3c2F)c1F. The van der Waals surface area contributed by atoms with E-state index in [0.717, 1.165) is 24.4 Å². The number of aryl methyl sites for hydroxylation is 1. The number of hydrogen-bond acceptors (Lipinski definition) is 6. The first kappa shape index (κ1) is 26.0. The minimum Gasteiger partial charge on any atom is -0.396 e. The molecule has 4 aromatic rings. The Morgan fingerprint density at radius 2 is 1.86 bits per heavy atom. The molecular weight excluding hydrogens is 518 g/mol. The number of halogens is 4. The number of carbonyl (C=O) groups excluding carboxylic acids is 1. The average Bonchev–Trinajstić information content (AvgIpc) is 3.29. The number of pyridine rings is 1. The molecule has 0 aliphatic carbocycles. The van der Waals surface area contributed by atoms with Crippen LogP contribution in [0.1, 0.15) is 22.6 Å². The molecule has 0 unspecified atom stereocenters. The molecule has 0 saturated heterocycles. The number of nitrogens with zero attached hydrogens (tertiary/aromatic N) is 2. The first-order valence-electron chi connectivity index (χ1n) is 10.7. The Kier molecular flexibility index (Phi) is 7.14. The molecule has 0 aliphatic heterocycles. The molecule has 0 fully saturated rings. The van der Waals surface area contributed by atoms with Crippen molar-refractivity contribution in [1.29, 1.82) is 0 Å². The summed E-state index contributed by atoms with van der Waals surface area (Å²) in [4.78, 5) is 15.4. The molecule has 0 spiro atoms. The van der Waals surface area contributed by atoms with Gasteiger partial charge in [0, 0.05) is 24.1 Å². The van der Waals surface area contributed by atoms with Crippen LogP contribution in [0.5, 0.6) is 0 Å². The zero-order valence-corrected chi connectivity index (χ0v) is 19.9. The number of nitrogens with one attached hydrogen (secondary N) is 3. The highest BCUT2D eigenvalue weighted by molar-refractivity contribution is 7.92. The van der Waals surface area contributed by atoms with Gasteiger partial charge >= 0.3 is 0 Å². The smallest absolute Gasteiger partial charge is 0.269 e. The number of rotatable bonds is 8. The lowest BCUT2D eigenvalue weighted by Gasteiger charge is -2.14. The third-order valence-corrected chi connectivity index (χ3v) is 6.89. The molecule has 0 atom stereocenters. The second kappa shape index (κ2) is 10.1. The van der Waals surface area contributed by atoms with Crippen molar-refractivity contribution in [3.63, 3.8) is 0 Å². The number of benzene rings is 2. The van der Waals surface area contributed by atoms with Gasteiger partial charge in [0.25, 0.3) is 15.9 Å². The minimum atomic E-state index is -4.55. The van der Waals surface area contributed by atoms with E-state index in [1.54, 1.807) is 0 Å². The summed E-state index contributed by atoms with van der Waals surface area (Å²) in [5.74, 6) is -5.35. The fourth-order valence-corrected chi connectivity index (χ4v) is 4.89. The number of amides is 1. The van der Waals surface area contributed by atoms with Gasteiger partial charge in [-0.25, -0.2) is 26.0 Å². The van der Waals surface area contributed by atoms with Crippen LogP contribution < -0.4 is 10.0 Å². The number of aromatic amines is 1. The third kappa shape index (κ3) is 4.97. The van der Waals surface area contributed by atoms with Crippen LogP contribution in [0.3, 0.4) is 0 Å². The largest absolute Gasteiger partial charge is 0.396 e. The van der Waals surface area contributed by atoms with Crippen molar-refractivity contribution in [3.05, 3.63) is 71.2 Å². The highest BCUT2D eigenvalue weighted by Crippen LogP contribution is 2.36. The van der Waals surface area contributed by atoms with Gasteiger partial charge in [-0.3, -0.25) is 19.6 Å². The van der Waals surface area contributed by atoms with E-state index < -0.39 is 60.9 Å². The van der Waals surface area contributed by atoms with Gasteiger partial charge in [0.15, 0.2) is 11.6 Å². The zero-order chi connectivity index (χ0) is 26.9. The Balaban J connectivity index is 1.74. The van der Waals surface area contributed by atoms with Crippen molar-refractivity contribution in [2.45, 2.75) is 18.2 Å². The Morgan fingerprint density at radius 1 is 1.11 bits per heavy atom. The molecule has 9 nitrogen and oxygen atoms in total. The van der Waals surface area contributed by atoms with Gasteiger partial charge in [-0.1, -0.05) is 6.07 Å². The van der Waals surface area contributed by atoms with E-state index >= 15 is 8.78 Å². The highest BCUT2D eigenvalue weighted by Gasteiger charge is 2.26. The van der Waals surface area contributed by atoms with Crippen molar-refractivity contribution in [1.82, 2.24) is 20.5 Å². The number of aliphatic hydroxyl groups excluding tert-OH is 1. The maximum absolute atomic E-state index is 15.4. The number of aromatic nitrogens is 3. The third-order valence-electron chi connectivity index (χ3n) is 5.41. The minimum absolute atomic E-state index is 0.0366. The van der Waals surface area contributed by atoms with Crippen LogP contribution in [0, 0.1) is 30.2 Å². The van der Waals surface area contributed by atoms with Crippen LogP contribution in [0.25, 0.3) is 22.0 Å². The molecule has 1 amide bonds. The van der Waals surface area contributed by atoms with E-state index in [-0.39, 0.29) is 35.4 Å². The molecule has 14 heteroatoms. The first-order valence-corrected chi connectivity index (χ1v) is 12.2. The van der Waals surface area contributed by atoms with Crippen LogP contribution in [-0.2, 0) is 10.0 Å². The van der Waals surface area contributed by atoms with E-state index in [1.807, 2.05) is 4.72 Å². The lowest BCUT2D eigenvalue weighted by atomic mass is 10.0. The monoisotopic (exact) mass is 537 g/mol. The predicted molar refractivity (Wildman–Crippen MR) is 125 cm³/mol. The molecule has 2 aromatic carbocycles. The molecule has 37 heavy (non-hydrogen) atoms.